The highest BCUT2D eigenvalue weighted by Crippen LogP contribution is 2.15. The first-order chi connectivity index (χ1) is 10.6. The summed E-state index contributed by atoms with van der Waals surface area (Å²) in [5.74, 6) is 0. The van der Waals surface area contributed by atoms with Gasteiger partial charge in [-0.3, -0.25) is 0 Å². The molecule has 0 heterocycles. The van der Waals surface area contributed by atoms with Gasteiger partial charge < -0.3 is 0 Å². The SMILES string of the molecule is CCO[N+](CCCCO[N+](OC)(OC)OC)(OCC)OCC. The third-order valence-electron chi connectivity index (χ3n) is 2.72. The number of rotatable bonds is 15. The second kappa shape index (κ2) is 12.1. The van der Waals surface area contributed by atoms with Crippen LogP contribution in [0.25, 0.3) is 0 Å². The second-order valence-electron chi connectivity index (χ2n) is 4.12. The molecule has 9 heteroatoms. The maximum Gasteiger partial charge on any atom is 0.246 e. The van der Waals surface area contributed by atoms with Gasteiger partial charge >= 0.3 is 0 Å². The quantitative estimate of drug-likeness (QED) is 0.258. The van der Waals surface area contributed by atoms with Crippen LogP contribution in [0.4, 0.5) is 0 Å². The molecule has 0 aliphatic heterocycles. The van der Waals surface area contributed by atoms with E-state index in [1.807, 2.05) is 20.8 Å². The number of unbranched alkanes of at least 4 members (excludes halogenated alkanes) is 1. The zero-order chi connectivity index (χ0) is 16.9. The lowest BCUT2D eigenvalue weighted by Crippen LogP contribution is -2.48. The minimum Gasteiger partial charge on any atom is -0.132 e. The van der Waals surface area contributed by atoms with Gasteiger partial charge in [-0.15, -0.1) is 14.5 Å². The van der Waals surface area contributed by atoms with Crippen molar-refractivity contribution in [3.8, 4) is 0 Å². The molecule has 0 aliphatic rings. The molecule has 0 spiro atoms. The maximum absolute atomic E-state index is 5.60. The minimum absolute atomic E-state index is 0.262. The standard InChI is InChI=1S/C13H32N2O7/c1-7-19-14(20-8-2,21-9-3)12-10-11-13-22-15(16-4,17-5)18-6/h7-13H2,1-6H3/q+2. The van der Waals surface area contributed by atoms with E-state index in [0.29, 0.717) is 33.0 Å². The van der Waals surface area contributed by atoms with E-state index in [1.165, 1.54) is 21.3 Å². The molecule has 0 aromatic heterocycles. The molecule has 0 unspecified atom stereocenters. The van der Waals surface area contributed by atoms with Gasteiger partial charge in [-0.25, -0.2) is 0 Å². The summed E-state index contributed by atoms with van der Waals surface area (Å²) in [6, 6.07) is 0. The molecule has 0 saturated carbocycles. The van der Waals surface area contributed by atoms with E-state index in [9.17, 15) is 0 Å². The first-order valence-corrected chi connectivity index (χ1v) is 7.60. The summed E-state index contributed by atoms with van der Waals surface area (Å²) in [5, 5.41) is -0.775. The van der Waals surface area contributed by atoms with E-state index in [1.54, 1.807) is 0 Å². The van der Waals surface area contributed by atoms with E-state index in [4.69, 9.17) is 33.9 Å². The summed E-state index contributed by atoms with van der Waals surface area (Å²) >= 11 is 0. The van der Waals surface area contributed by atoms with Gasteiger partial charge in [-0.05, 0) is 27.2 Å². The molecule has 0 rings (SSSR count). The molecule has 0 aromatic rings. The van der Waals surface area contributed by atoms with Crippen LogP contribution in [0.3, 0.4) is 0 Å². The van der Waals surface area contributed by atoms with Crippen molar-refractivity contribution in [3.63, 3.8) is 0 Å². The zero-order valence-electron chi connectivity index (χ0n) is 14.7. The van der Waals surface area contributed by atoms with Crippen LogP contribution in [0.2, 0.25) is 0 Å². The Morgan fingerprint density at radius 1 is 0.636 bits per heavy atom. The summed E-state index contributed by atoms with van der Waals surface area (Å²) in [6.07, 6.45) is 1.49. The van der Waals surface area contributed by atoms with Crippen LogP contribution >= 0.6 is 0 Å². The average molecular weight is 328 g/mol. The van der Waals surface area contributed by atoms with Gasteiger partial charge in [0.2, 0.25) is 5.14 Å². The molecule has 0 bridgehead atoms. The third kappa shape index (κ3) is 7.27. The topological polar surface area (TPSA) is 64.6 Å². The Balaban J connectivity index is 4.27. The Morgan fingerprint density at radius 3 is 1.45 bits per heavy atom. The van der Waals surface area contributed by atoms with Crippen molar-refractivity contribution in [2.75, 3.05) is 54.3 Å². The number of nitrogens with zero attached hydrogens (tertiary/aromatic N) is 2. The molecule has 134 valence electrons. The van der Waals surface area contributed by atoms with Crippen LogP contribution in [0.5, 0.6) is 0 Å². The monoisotopic (exact) mass is 328 g/mol. The normalized spacial score (nSPS) is 12.8. The van der Waals surface area contributed by atoms with Gasteiger partial charge in [0.05, 0.1) is 4.97 Å². The van der Waals surface area contributed by atoms with Gasteiger partial charge in [0.25, 0.3) is 0 Å². The lowest BCUT2D eigenvalue weighted by atomic mass is 10.3. The Morgan fingerprint density at radius 2 is 1.09 bits per heavy atom. The average Bonchev–Trinajstić information content (AvgIpc) is 2.52. The molecular weight excluding hydrogens is 296 g/mol. The fraction of sp³-hybridized carbons (Fsp3) is 1.00. The van der Waals surface area contributed by atoms with Crippen molar-refractivity contribution in [2.24, 2.45) is 0 Å². The van der Waals surface area contributed by atoms with Crippen LogP contribution in [0, 0.1) is 0 Å². The van der Waals surface area contributed by atoms with Crippen molar-refractivity contribution in [1.82, 2.24) is 0 Å². The summed E-state index contributed by atoms with van der Waals surface area (Å²) in [7, 11) is 4.27. The smallest absolute Gasteiger partial charge is 0.132 e. The highest BCUT2D eigenvalue weighted by molar-refractivity contribution is 4.33. The van der Waals surface area contributed by atoms with Gasteiger partial charge in [-0.1, -0.05) is 19.4 Å². The molecular formula is C13H32N2O7+2. The number of quaternary nitrogens is 2. The Labute approximate surface area is 133 Å². The fourth-order valence-electron chi connectivity index (χ4n) is 1.86. The van der Waals surface area contributed by atoms with Gasteiger partial charge in [-0.2, -0.15) is 0 Å². The number of hydroxylamine groups is 3. The molecule has 0 atom stereocenters. The molecule has 0 amide bonds. The first kappa shape index (κ1) is 21.6. The van der Waals surface area contributed by atoms with Gasteiger partial charge in [0, 0.05) is 6.42 Å². The molecule has 22 heavy (non-hydrogen) atoms. The fourth-order valence-corrected chi connectivity index (χ4v) is 1.86. The van der Waals surface area contributed by atoms with E-state index in [-0.39, 0.29) is 4.97 Å². The van der Waals surface area contributed by atoms with Crippen molar-refractivity contribution in [1.29, 1.82) is 0 Å². The van der Waals surface area contributed by atoms with E-state index in [2.05, 4.69) is 0 Å². The lowest BCUT2D eigenvalue weighted by molar-refractivity contribution is -1.47. The van der Waals surface area contributed by atoms with Crippen LogP contribution in [0.15, 0.2) is 0 Å². The van der Waals surface area contributed by atoms with Crippen molar-refractivity contribution >= 4 is 0 Å². The number of hydrogen-bond donors (Lipinski definition) is 0. The summed E-state index contributed by atoms with van der Waals surface area (Å²) < 4.78 is 0. The summed E-state index contributed by atoms with van der Waals surface area (Å²) in [5.41, 5.74) is 0. The molecule has 0 aliphatic carbocycles. The zero-order valence-corrected chi connectivity index (χ0v) is 14.7. The predicted octanol–water partition coefficient (Wildman–Crippen LogP) is 1.87. The molecule has 0 saturated heterocycles. The van der Waals surface area contributed by atoms with E-state index in [0.717, 1.165) is 12.8 Å². The van der Waals surface area contributed by atoms with E-state index >= 15 is 0 Å². The minimum atomic E-state index is -0.775. The molecule has 0 fully saturated rings. The maximum atomic E-state index is 5.60. The molecule has 9 nitrogen and oxygen atoms in total. The lowest BCUT2D eigenvalue weighted by Gasteiger charge is -2.28. The van der Waals surface area contributed by atoms with Crippen LogP contribution in [-0.4, -0.2) is 64.4 Å². The Kier molecular flexibility index (Phi) is 11.9. The summed E-state index contributed by atoms with van der Waals surface area (Å²) in [4.78, 5) is 36.9. The van der Waals surface area contributed by atoms with Crippen LogP contribution in [0.1, 0.15) is 33.6 Å². The Bertz CT molecular complexity index is 239. The highest BCUT2D eigenvalue weighted by Gasteiger charge is 2.35. The van der Waals surface area contributed by atoms with Crippen LogP contribution in [-0.2, 0) is 33.9 Å². The first-order valence-electron chi connectivity index (χ1n) is 7.60. The summed E-state index contributed by atoms with van der Waals surface area (Å²) in [6.45, 7) is 8.10. The molecule has 0 N–H and O–H groups in total. The van der Waals surface area contributed by atoms with Gasteiger partial charge in [0.1, 0.15) is 47.8 Å². The Hall–Kier alpha value is -0.360. The number of hydrogen-bond acceptors (Lipinski definition) is 7. The second-order valence-corrected chi connectivity index (χ2v) is 4.12. The largest absolute Gasteiger partial charge is 0.246 e. The van der Waals surface area contributed by atoms with Crippen molar-refractivity contribution in [3.05, 3.63) is 0 Å². The highest BCUT2D eigenvalue weighted by atomic mass is 17.4. The molecule has 0 aromatic carbocycles. The van der Waals surface area contributed by atoms with Gasteiger partial charge in [0.15, 0.2) is 6.54 Å². The molecule has 0 radical (unpaired) electrons. The van der Waals surface area contributed by atoms with E-state index < -0.39 is 5.14 Å². The van der Waals surface area contributed by atoms with Crippen molar-refractivity contribution < 1.29 is 44.0 Å². The predicted molar refractivity (Wildman–Crippen MR) is 76.5 cm³/mol. The van der Waals surface area contributed by atoms with Crippen molar-refractivity contribution in [2.45, 2.75) is 33.6 Å². The third-order valence-corrected chi connectivity index (χ3v) is 2.72. The van der Waals surface area contributed by atoms with Crippen LogP contribution < -0.4 is 0 Å².